The monoisotopic (exact) mass is 223 g/mol. The molecule has 1 N–H and O–H groups in total. The van der Waals surface area contributed by atoms with Gasteiger partial charge < -0.3 is 10.1 Å². The highest BCUT2D eigenvalue weighted by Crippen LogP contribution is 2.43. The fourth-order valence-corrected chi connectivity index (χ4v) is 2.64. The number of methoxy groups -OCH3 is 1. The summed E-state index contributed by atoms with van der Waals surface area (Å²) in [4.78, 5) is 23.1. The Hall–Kier alpha value is -1.32. The molecular weight excluding hydrogens is 206 g/mol. The van der Waals surface area contributed by atoms with Crippen LogP contribution in [0.3, 0.4) is 0 Å². The van der Waals surface area contributed by atoms with Crippen molar-refractivity contribution in [2.24, 2.45) is 17.8 Å². The number of rotatable bonds is 3. The minimum Gasteiger partial charge on any atom is -0.467 e. The van der Waals surface area contributed by atoms with E-state index in [4.69, 9.17) is 0 Å². The van der Waals surface area contributed by atoms with Gasteiger partial charge in [0.15, 0.2) is 0 Å². The number of carbonyl (C=O) groups is 2. The second-order valence-corrected chi connectivity index (χ2v) is 4.64. The third-order valence-corrected chi connectivity index (χ3v) is 3.53. The maximum Gasteiger partial charge on any atom is 0.328 e. The van der Waals surface area contributed by atoms with Crippen LogP contribution in [0.15, 0.2) is 12.2 Å². The molecule has 1 fully saturated rings. The lowest BCUT2D eigenvalue weighted by atomic mass is 9.92. The van der Waals surface area contributed by atoms with E-state index in [1.165, 1.54) is 7.11 Å². The van der Waals surface area contributed by atoms with Crippen molar-refractivity contribution in [2.75, 3.05) is 7.11 Å². The van der Waals surface area contributed by atoms with E-state index in [1.807, 2.05) is 0 Å². The first-order valence-corrected chi connectivity index (χ1v) is 5.68. The van der Waals surface area contributed by atoms with Gasteiger partial charge in [-0.15, -0.1) is 0 Å². The molecule has 2 bridgehead atoms. The average molecular weight is 223 g/mol. The number of ether oxygens (including phenoxy) is 1. The van der Waals surface area contributed by atoms with Crippen LogP contribution in [0.4, 0.5) is 0 Å². The summed E-state index contributed by atoms with van der Waals surface area (Å²) < 4.78 is 4.57. The lowest BCUT2D eigenvalue weighted by Gasteiger charge is -2.19. The van der Waals surface area contributed by atoms with Crippen LogP contribution in [0.25, 0.3) is 0 Å². The summed E-state index contributed by atoms with van der Waals surface area (Å²) in [6, 6.07) is -0.555. The second kappa shape index (κ2) is 4.28. The molecule has 0 aromatic rings. The lowest BCUT2D eigenvalue weighted by Crippen LogP contribution is -2.43. The fraction of sp³-hybridized carbons (Fsp3) is 0.667. The largest absolute Gasteiger partial charge is 0.467 e. The first-order chi connectivity index (χ1) is 7.61. The van der Waals surface area contributed by atoms with Crippen LogP contribution < -0.4 is 5.32 Å². The number of hydrogen-bond donors (Lipinski definition) is 1. The Labute approximate surface area is 95.0 Å². The molecule has 1 amide bonds. The van der Waals surface area contributed by atoms with Gasteiger partial charge >= 0.3 is 5.97 Å². The zero-order valence-electron chi connectivity index (χ0n) is 9.60. The first kappa shape index (κ1) is 11.2. The number of hydrogen-bond acceptors (Lipinski definition) is 3. The van der Waals surface area contributed by atoms with Crippen molar-refractivity contribution in [2.45, 2.75) is 25.8 Å². The smallest absolute Gasteiger partial charge is 0.328 e. The quantitative estimate of drug-likeness (QED) is 0.570. The van der Waals surface area contributed by atoms with Gasteiger partial charge in [0, 0.05) is 5.92 Å². The molecule has 4 heteroatoms. The van der Waals surface area contributed by atoms with Crippen LogP contribution in [-0.2, 0) is 14.3 Å². The van der Waals surface area contributed by atoms with Crippen molar-refractivity contribution >= 4 is 11.9 Å². The second-order valence-electron chi connectivity index (χ2n) is 4.64. The highest BCUT2D eigenvalue weighted by molar-refractivity contribution is 5.86. The van der Waals surface area contributed by atoms with Gasteiger partial charge in [-0.3, -0.25) is 4.79 Å². The molecule has 0 radical (unpaired) electrons. The van der Waals surface area contributed by atoms with Gasteiger partial charge in [0.1, 0.15) is 6.04 Å². The van der Waals surface area contributed by atoms with Gasteiger partial charge in [-0.25, -0.2) is 4.79 Å². The van der Waals surface area contributed by atoms with Crippen LogP contribution in [0.5, 0.6) is 0 Å². The fourth-order valence-electron chi connectivity index (χ4n) is 2.64. The summed E-state index contributed by atoms with van der Waals surface area (Å²) in [6.45, 7) is 1.65. The molecular formula is C12H17NO3. The normalized spacial score (nSPS) is 32.5. The first-order valence-electron chi connectivity index (χ1n) is 5.68. The third-order valence-electron chi connectivity index (χ3n) is 3.53. The van der Waals surface area contributed by atoms with Crippen molar-refractivity contribution in [1.29, 1.82) is 0 Å². The molecule has 0 aliphatic heterocycles. The van der Waals surface area contributed by atoms with E-state index >= 15 is 0 Å². The van der Waals surface area contributed by atoms with E-state index in [1.54, 1.807) is 6.92 Å². The Balaban J connectivity index is 1.89. The van der Waals surface area contributed by atoms with Gasteiger partial charge in [0.2, 0.25) is 5.91 Å². The standard InChI is InChI=1S/C12H17NO3/c1-7(12(15)16-2)13-11(14)10-6-8-3-4-9(10)5-8/h3-4,7-10H,5-6H2,1-2H3,(H,13,14)/t7-,8+,9-,10+/m0/s1. The van der Waals surface area contributed by atoms with Gasteiger partial charge in [0.05, 0.1) is 7.11 Å². The molecule has 1 saturated carbocycles. The summed E-state index contributed by atoms with van der Waals surface area (Å²) in [6.07, 6.45) is 6.32. The van der Waals surface area contributed by atoms with E-state index in [0.717, 1.165) is 12.8 Å². The van der Waals surface area contributed by atoms with Crippen LogP contribution >= 0.6 is 0 Å². The van der Waals surface area contributed by atoms with Crippen molar-refractivity contribution in [3.05, 3.63) is 12.2 Å². The Morgan fingerprint density at radius 2 is 2.12 bits per heavy atom. The molecule has 16 heavy (non-hydrogen) atoms. The predicted octanol–water partition coefficient (Wildman–Crippen LogP) is 0.876. The number of allylic oxidation sites excluding steroid dienone is 2. The Kier molecular flexibility index (Phi) is 2.99. The molecule has 0 aromatic carbocycles. The number of carbonyl (C=O) groups excluding carboxylic acids is 2. The van der Waals surface area contributed by atoms with E-state index < -0.39 is 12.0 Å². The molecule has 0 saturated heterocycles. The topological polar surface area (TPSA) is 55.4 Å². The average Bonchev–Trinajstić information content (AvgIpc) is 2.89. The van der Waals surface area contributed by atoms with Gasteiger partial charge in [-0.1, -0.05) is 12.2 Å². The predicted molar refractivity (Wildman–Crippen MR) is 58.5 cm³/mol. The minimum absolute atomic E-state index is 0.0187. The Morgan fingerprint density at radius 1 is 1.38 bits per heavy atom. The summed E-state index contributed by atoms with van der Waals surface area (Å²) in [5.41, 5.74) is 0. The highest BCUT2D eigenvalue weighted by Gasteiger charge is 2.40. The van der Waals surface area contributed by atoms with Gasteiger partial charge in [-0.2, -0.15) is 0 Å². The van der Waals surface area contributed by atoms with Crippen LogP contribution in [0.1, 0.15) is 19.8 Å². The third kappa shape index (κ3) is 1.96. The minimum atomic E-state index is -0.555. The van der Waals surface area contributed by atoms with E-state index in [-0.39, 0.29) is 11.8 Å². The van der Waals surface area contributed by atoms with Crippen molar-refractivity contribution in [1.82, 2.24) is 5.32 Å². The Bertz CT molecular complexity index is 337. The van der Waals surface area contributed by atoms with E-state index in [0.29, 0.717) is 11.8 Å². The molecule has 0 heterocycles. The molecule has 2 aliphatic carbocycles. The van der Waals surface area contributed by atoms with Crippen molar-refractivity contribution in [3.8, 4) is 0 Å². The molecule has 88 valence electrons. The molecule has 2 aliphatic rings. The summed E-state index contributed by atoms with van der Waals surface area (Å²) >= 11 is 0. The summed E-state index contributed by atoms with van der Waals surface area (Å²) in [7, 11) is 1.32. The van der Waals surface area contributed by atoms with Crippen molar-refractivity contribution < 1.29 is 14.3 Å². The van der Waals surface area contributed by atoms with Gasteiger partial charge in [-0.05, 0) is 31.6 Å². The number of nitrogens with one attached hydrogen (secondary N) is 1. The number of amides is 1. The van der Waals surface area contributed by atoms with E-state index in [9.17, 15) is 9.59 Å². The lowest BCUT2D eigenvalue weighted by molar-refractivity contribution is -0.145. The van der Waals surface area contributed by atoms with Crippen LogP contribution in [0.2, 0.25) is 0 Å². The molecule has 4 nitrogen and oxygen atoms in total. The number of fused-ring (bicyclic) bond motifs is 2. The van der Waals surface area contributed by atoms with Crippen LogP contribution in [-0.4, -0.2) is 25.0 Å². The maximum atomic E-state index is 11.9. The summed E-state index contributed by atoms with van der Waals surface area (Å²) in [5, 5.41) is 2.71. The van der Waals surface area contributed by atoms with Crippen LogP contribution in [0, 0.1) is 17.8 Å². The summed E-state index contributed by atoms with van der Waals surface area (Å²) in [5.74, 6) is 0.563. The molecule has 0 aromatic heterocycles. The molecule has 0 unspecified atom stereocenters. The molecule has 2 rings (SSSR count). The van der Waals surface area contributed by atoms with E-state index in [2.05, 4.69) is 22.2 Å². The van der Waals surface area contributed by atoms with Gasteiger partial charge in [0.25, 0.3) is 0 Å². The highest BCUT2D eigenvalue weighted by atomic mass is 16.5. The van der Waals surface area contributed by atoms with Crippen molar-refractivity contribution in [3.63, 3.8) is 0 Å². The number of esters is 1. The Morgan fingerprint density at radius 3 is 2.62 bits per heavy atom. The SMILES string of the molecule is COC(=O)[C@H](C)NC(=O)[C@@H]1C[C@@H]2C=C[C@H]1C2. The molecule has 0 spiro atoms. The molecule has 4 atom stereocenters. The zero-order chi connectivity index (χ0) is 11.7. The zero-order valence-corrected chi connectivity index (χ0v) is 9.60. The maximum absolute atomic E-state index is 11.9.